The summed E-state index contributed by atoms with van der Waals surface area (Å²) in [6, 6.07) is 1.22. The topological polar surface area (TPSA) is 77.3 Å². The molecule has 2 N–H and O–H groups in total. The zero-order valence-corrected chi connectivity index (χ0v) is 17.0. The Morgan fingerprint density at radius 2 is 2.21 bits per heavy atom. The molecule has 2 aromatic heterocycles. The van der Waals surface area contributed by atoms with Gasteiger partial charge in [-0.15, -0.1) is 11.3 Å². The van der Waals surface area contributed by atoms with Gasteiger partial charge in [-0.2, -0.15) is 0 Å². The first-order chi connectivity index (χ1) is 13.9. The molecule has 4 heterocycles. The summed E-state index contributed by atoms with van der Waals surface area (Å²) in [7, 11) is 3.81. The smallest absolute Gasteiger partial charge is 0.342 e. The molecule has 7 nitrogen and oxygen atoms in total. The predicted octanol–water partition coefficient (Wildman–Crippen LogP) is 2.35. The van der Waals surface area contributed by atoms with Gasteiger partial charge in [-0.3, -0.25) is 9.20 Å². The molecule has 3 aromatic rings. The fourth-order valence-electron chi connectivity index (χ4n) is 4.80. The number of rotatable bonds is 4. The van der Waals surface area contributed by atoms with Crippen molar-refractivity contribution in [3.05, 3.63) is 38.7 Å². The summed E-state index contributed by atoms with van der Waals surface area (Å²) in [5, 5.41) is 14.8. The minimum atomic E-state index is -1.28. The van der Waals surface area contributed by atoms with Crippen molar-refractivity contribution >= 4 is 44.4 Å². The average molecular weight is 416 g/mol. The van der Waals surface area contributed by atoms with E-state index >= 15 is 4.39 Å². The van der Waals surface area contributed by atoms with Crippen LogP contribution in [-0.4, -0.2) is 49.2 Å². The Morgan fingerprint density at radius 1 is 1.41 bits per heavy atom. The Labute approximate surface area is 170 Å². The van der Waals surface area contributed by atoms with Crippen molar-refractivity contribution in [3.8, 4) is 0 Å². The Bertz CT molecular complexity index is 1230. The van der Waals surface area contributed by atoms with Gasteiger partial charge >= 0.3 is 5.97 Å². The van der Waals surface area contributed by atoms with Gasteiger partial charge in [0.05, 0.1) is 34.5 Å². The van der Waals surface area contributed by atoms with E-state index in [1.54, 1.807) is 0 Å². The second-order valence-corrected chi connectivity index (χ2v) is 8.70. The van der Waals surface area contributed by atoms with Gasteiger partial charge in [0.2, 0.25) is 5.43 Å². The highest BCUT2D eigenvalue weighted by atomic mass is 32.1. The number of hydrogen-bond acceptors (Lipinski definition) is 6. The second kappa shape index (κ2) is 6.43. The van der Waals surface area contributed by atoms with Crippen LogP contribution in [0, 0.1) is 11.7 Å². The molecule has 1 unspecified atom stereocenters. The highest BCUT2D eigenvalue weighted by Gasteiger charge is 2.33. The molecular formula is C20H21FN4O3S. The summed E-state index contributed by atoms with van der Waals surface area (Å²) in [6.07, 6.45) is 0.971. The van der Waals surface area contributed by atoms with Crippen LogP contribution in [0.4, 0.5) is 15.8 Å². The summed E-state index contributed by atoms with van der Waals surface area (Å²) in [4.78, 5) is 29.2. The molecule has 29 heavy (non-hydrogen) atoms. The number of anilines is 2. The van der Waals surface area contributed by atoms with Gasteiger partial charge in [-0.25, -0.2) is 9.18 Å². The van der Waals surface area contributed by atoms with Crippen LogP contribution in [0.2, 0.25) is 0 Å². The van der Waals surface area contributed by atoms with Crippen LogP contribution < -0.4 is 20.5 Å². The van der Waals surface area contributed by atoms with Crippen molar-refractivity contribution in [3.63, 3.8) is 0 Å². The van der Waals surface area contributed by atoms with E-state index < -0.39 is 17.2 Å². The first kappa shape index (κ1) is 18.4. The van der Waals surface area contributed by atoms with Crippen molar-refractivity contribution in [2.75, 3.05) is 43.5 Å². The lowest BCUT2D eigenvalue weighted by molar-refractivity contribution is 0.0697. The normalized spacial score (nSPS) is 18.5. The van der Waals surface area contributed by atoms with Crippen molar-refractivity contribution in [1.82, 2.24) is 9.72 Å². The maximum absolute atomic E-state index is 15.4. The summed E-state index contributed by atoms with van der Waals surface area (Å²) >= 11 is 1.25. The van der Waals surface area contributed by atoms with E-state index in [0.29, 0.717) is 34.2 Å². The molecule has 1 aromatic carbocycles. The van der Waals surface area contributed by atoms with Gasteiger partial charge in [-0.05, 0) is 32.0 Å². The maximum atomic E-state index is 15.4. The van der Waals surface area contributed by atoms with Gasteiger partial charge < -0.3 is 20.2 Å². The monoisotopic (exact) mass is 416 g/mol. The van der Waals surface area contributed by atoms with Crippen LogP contribution in [0.15, 0.2) is 16.2 Å². The summed E-state index contributed by atoms with van der Waals surface area (Å²) in [5.41, 5.74) is 1.77. The minimum absolute atomic E-state index is 0.119. The van der Waals surface area contributed by atoms with Crippen LogP contribution >= 0.6 is 11.3 Å². The number of aromatic nitrogens is 1. The van der Waals surface area contributed by atoms with Crippen molar-refractivity contribution in [2.24, 2.45) is 5.92 Å². The molecule has 2 aliphatic rings. The fraction of sp³-hybridized carbons (Fsp3) is 0.400. The van der Waals surface area contributed by atoms with E-state index in [1.165, 1.54) is 17.4 Å². The fourth-order valence-corrected chi connectivity index (χ4v) is 5.83. The number of benzene rings is 1. The Morgan fingerprint density at radius 3 is 2.93 bits per heavy atom. The van der Waals surface area contributed by atoms with E-state index in [1.807, 2.05) is 28.8 Å². The standard InChI is InChI=1S/C20H21FN4O3S/c1-22-6-10-3-4-24(7-10)16-13(21)5-12-15-17(16)23(2)8-11-9-29-19(25(11)15)14(18(12)26)20(27)28/h5,9-10,22H,3-4,6-8H2,1-2H3,(H,27,28). The van der Waals surface area contributed by atoms with E-state index in [4.69, 9.17) is 0 Å². The molecule has 0 spiro atoms. The number of thiazole rings is 1. The van der Waals surface area contributed by atoms with Gasteiger partial charge in [-0.1, -0.05) is 0 Å². The third kappa shape index (κ3) is 2.50. The average Bonchev–Trinajstić information content (AvgIpc) is 3.29. The predicted molar refractivity (Wildman–Crippen MR) is 112 cm³/mol. The second-order valence-electron chi connectivity index (χ2n) is 7.84. The third-order valence-corrected chi connectivity index (χ3v) is 7.00. The summed E-state index contributed by atoms with van der Waals surface area (Å²) < 4.78 is 17.2. The number of hydrogen-bond donors (Lipinski definition) is 2. The molecule has 0 saturated carbocycles. The van der Waals surface area contributed by atoms with Crippen molar-refractivity contribution in [1.29, 1.82) is 0 Å². The van der Waals surface area contributed by atoms with Gasteiger partial charge in [0.25, 0.3) is 0 Å². The Hall–Kier alpha value is -2.65. The molecular weight excluding hydrogens is 395 g/mol. The molecule has 1 atom stereocenters. The number of carbonyl (C=O) groups is 1. The number of pyridine rings is 1. The Balaban J connectivity index is 1.85. The molecule has 0 radical (unpaired) electrons. The zero-order valence-electron chi connectivity index (χ0n) is 16.2. The SMILES string of the molecule is CNCC1CCN(c2c(F)cc3c(=O)c(C(=O)O)c4scc5n4c3c2N(C)C5)C1. The quantitative estimate of drug-likeness (QED) is 0.680. The summed E-state index contributed by atoms with van der Waals surface area (Å²) in [6.45, 7) is 2.88. The van der Waals surface area contributed by atoms with Crippen molar-refractivity contribution < 1.29 is 14.3 Å². The lowest BCUT2D eigenvalue weighted by Crippen LogP contribution is -2.31. The number of nitrogens with zero attached hydrogens (tertiary/aromatic N) is 3. The molecule has 1 saturated heterocycles. The number of carboxylic acids is 1. The molecule has 1 fully saturated rings. The van der Waals surface area contributed by atoms with Crippen LogP contribution in [-0.2, 0) is 6.54 Å². The molecule has 5 rings (SSSR count). The Kier molecular flexibility index (Phi) is 4.08. The number of aromatic carboxylic acids is 1. The van der Waals surface area contributed by atoms with E-state index in [0.717, 1.165) is 31.7 Å². The third-order valence-electron chi connectivity index (χ3n) is 6.00. The van der Waals surface area contributed by atoms with Crippen LogP contribution in [0.25, 0.3) is 15.7 Å². The number of halogens is 1. The highest BCUT2D eigenvalue weighted by Crippen LogP contribution is 2.44. The largest absolute Gasteiger partial charge is 0.477 e. The first-order valence-corrected chi connectivity index (χ1v) is 10.5. The minimum Gasteiger partial charge on any atom is -0.477 e. The van der Waals surface area contributed by atoms with Gasteiger partial charge in [0, 0.05) is 25.5 Å². The van der Waals surface area contributed by atoms with E-state index in [-0.39, 0.29) is 10.9 Å². The van der Waals surface area contributed by atoms with Gasteiger partial charge in [0.15, 0.2) is 0 Å². The molecule has 2 aliphatic heterocycles. The molecule has 9 heteroatoms. The van der Waals surface area contributed by atoms with Gasteiger partial charge in [0.1, 0.15) is 16.2 Å². The molecule has 0 amide bonds. The lowest BCUT2D eigenvalue weighted by Gasteiger charge is -2.32. The highest BCUT2D eigenvalue weighted by molar-refractivity contribution is 7.16. The first-order valence-electron chi connectivity index (χ1n) is 9.57. The van der Waals surface area contributed by atoms with Crippen molar-refractivity contribution in [2.45, 2.75) is 13.0 Å². The lowest BCUT2D eigenvalue weighted by atomic mass is 10.0. The maximum Gasteiger partial charge on any atom is 0.342 e. The number of carboxylic acid groups (broad SMARTS) is 1. The molecule has 0 aliphatic carbocycles. The zero-order chi connectivity index (χ0) is 20.4. The van der Waals surface area contributed by atoms with E-state index in [2.05, 4.69) is 10.2 Å². The van der Waals surface area contributed by atoms with Crippen LogP contribution in [0.3, 0.4) is 0 Å². The van der Waals surface area contributed by atoms with E-state index in [9.17, 15) is 14.7 Å². The summed E-state index contributed by atoms with van der Waals surface area (Å²) in [5.74, 6) is -1.32. The van der Waals surface area contributed by atoms with Crippen LogP contribution in [0.5, 0.6) is 0 Å². The van der Waals surface area contributed by atoms with Crippen LogP contribution in [0.1, 0.15) is 22.5 Å². The number of nitrogens with one attached hydrogen (secondary N) is 1. The molecule has 0 bridgehead atoms. The molecule has 152 valence electrons.